The van der Waals surface area contributed by atoms with Crippen LogP contribution in [0, 0.1) is 24.7 Å². The summed E-state index contributed by atoms with van der Waals surface area (Å²) in [6.45, 7) is 13.2. The van der Waals surface area contributed by atoms with Gasteiger partial charge in [-0.15, -0.1) is 12.8 Å². The molecule has 0 saturated carbocycles. The van der Waals surface area contributed by atoms with E-state index in [9.17, 15) is 0 Å². The third-order valence-corrected chi connectivity index (χ3v) is 4.78. The van der Waals surface area contributed by atoms with Gasteiger partial charge in [0.15, 0.2) is 0 Å². The number of hydrogen-bond donors (Lipinski definition) is 0. The fraction of sp³-hybridized carbons (Fsp3) is 0.286. The predicted octanol–water partition coefficient (Wildman–Crippen LogP) is 7.02. The molecular formula is C28H30. The Balaban J connectivity index is 2.35. The van der Waals surface area contributed by atoms with E-state index in [1.54, 1.807) is 0 Å². The van der Waals surface area contributed by atoms with Crippen molar-refractivity contribution < 1.29 is 0 Å². The van der Waals surface area contributed by atoms with E-state index in [-0.39, 0.29) is 10.8 Å². The third-order valence-electron chi connectivity index (χ3n) is 4.78. The molecule has 0 radical (unpaired) electrons. The fourth-order valence-electron chi connectivity index (χ4n) is 2.89. The van der Waals surface area contributed by atoms with Gasteiger partial charge in [0, 0.05) is 11.1 Å². The molecule has 0 nitrogen and oxygen atoms in total. The molecule has 0 aliphatic carbocycles. The van der Waals surface area contributed by atoms with Crippen molar-refractivity contribution in [2.75, 3.05) is 0 Å². The summed E-state index contributed by atoms with van der Waals surface area (Å²) in [6, 6.07) is 16.9. The Labute approximate surface area is 171 Å². The van der Waals surface area contributed by atoms with Crippen LogP contribution in [0.1, 0.15) is 63.8 Å². The average molecular weight is 367 g/mol. The first-order valence-corrected chi connectivity index (χ1v) is 9.62. The van der Waals surface area contributed by atoms with Gasteiger partial charge < -0.3 is 0 Å². The molecule has 0 N–H and O–H groups in total. The fourth-order valence-corrected chi connectivity index (χ4v) is 2.89. The summed E-state index contributed by atoms with van der Waals surface area (Å²) >= 11 is 0. The largest absolute Gasteiger partial charge is 0.115 e. The quantitative estimate of drug-likeness (QED) is 0.404. The molecule has 0 heteroatoms. The lowest BCUT2D eigenvalue weighted by atomic mass is 9.86. The van der Waals surface area contributed by atoms with Crippen LogP contribution in [0.2, 0.25) is 0 Å². The van der Waals surface area contributed by atoms with Gasteiger partial charge in [-0.05, 0) is 45.2 Å². The number of hydrogen-bond acceptors (Lipinski definition) is 0. The zero-order valence-corrected chi connectivity index (χ0v) is 17.9. The summed E-state index contributed by atoms with van der Waals surface area (Å²) < 4.78 is 0. The Morgan fingerprint density at radius 1 is 0.607 bits per heavy atom. The summed E-state index contributed by atoms with van der Waals surface area (Å²) in [5, 5.41) is 0. The molecule has 0 spiro atoms. The SMILES string of the molecule is C#CC(=C/c1ccc(C(C)(C)C)cc1)/C(C#C)=C/c1ccc(C(C)(C)C)cc1. The Hall–Kier alpha value is -2.96. The highest BCUT2D eigenvalue weighted by Gasteiger charge is 2.13. The van der Waals surface area contributed by atoms with Gasteiger partial charge in [0.2, 0.25) is 0 Å². The van der Waals surface area contributed by atoms with Gasteiger partial charge in [0.25, 0.3) is 0 Å². The smallest absolute Gasteiger partial charge is 0.0405 e. The first kappa shape index (κ1) is 21.3. The molecule has 0 amide bonds. The van der Waals surface area contributed by atoms with Crippen LogP contribution in [0.5, 0.6) is 0 Å². The summed E-state index contributed by atoms with van der Waals surface area (Å²) in [4.78, 5) is 0. The number of allylic oxidation sites excluding steroid dienone is 2. The minimum atomic E-state index is 0.125. The zero-order chi connectivity index (χ0) is 20.9. The molecule has 0 aliphatic heterocycles. The van der Waals surface area contributed by atoms with E-state index >= 15 is 0 Å². The van der Waals surface area contributed by atoms with Crippen LogP contribution in [-0.4, -0.2) is 0 Å². The van der Waals surface area contributed by atoms with Crippen molar-refractivity contribution in [2.24, 2.45) is 0 Å². The Morgan fingerprint density at radius 2 is 0.893 bits per heavy atom. The van der Waals surface area contributed by atoms with Crippen molar-refractivity contribution in [3.63, 3.8) is 0 Å². The molecule has 2 aromatic carbocycles. The van der Waals surface area contributed by atoms with Crippen LogP contribution in [0.4, 0.5) is 0 Å². The van der Waals surface area contributed by atoms with Crippen molar-refractivity contribution >= 4 is 12.2 Å². The molecular weight excluding hydrogens is 336 g/mol. The average Bonchev–Trinajstić information content (AvgIpc) is 2.63. The van der Waals surface area contributed by atoms with E-state index in [0.717, 1.165) is 11.1 Å². The topological polar surface area (TPSA) is 0 Å². The van der Waals surface area contributed by atoms with Crippen molar-refractivity contribution in [1.29, 1.82) is 0 Å². The van der Waals surface area contributed by atoms with Crippen LogP contribution in [0.25, 0.3) is 12.2 Å². The number of terminal acetylenes is 2. The van der Waals surface area contributed by atoms with Crippen LogP contribution < -0.4 is 0 Å². The van der Waals surface area contributed by atoms with Crippen molar-refractivity contribution in [1.82, 2.24) is 0 Å². The minimum Gasteiger partial charge on any atom is -0.115 e. The van der Waals surface area contributed by atoms with E-state index in [4.69, 9.17) is 12.8 Å². The lowest BCUT2D eigenvalue weighted by molar-refractivity contribution is 0.590. The molecule has 2 rings (SSSR count). The second-order valence-corrected chi connectivity index (χ2v) is 9.15. The highest BCUT2D eigenvalue weighted by Crippen LogP contribution is 2.25. The second kappa shape index (κ2) is 8.37. The van der Waals surface area contributed by atoms with Crippen molar-refractivity contribution in [3.05, 3.63) is 81.9 Å². The normalized spacial score (nSPS) is 13.0. The second-order valence-electron chi connectivity index (χ2n) is 9.15. The monoisotopic (exact) mass is 366 g/mol. The van der Waals surface area contributed by atoms with Gasteiger partial charge >= 0.3 is 0 Å². The predicted molar refractivity (Wildman–Crippen MR) is 124 cm³/mol. The Bertz CT molecular complexity index is 866. The Kier molecular flexibility index (Phi) is 6.38. The van der Waals surface area contributed by atoms with Gasteiger partial charge in [-0.3, -0.25) is 0 Å². The summed E-state index contributed by atoms with van der Waals surface area (Å²) in [7, 11) is 0. The van der Waals surface area contributed by atoms with Crippen molar-refractivity contribution in [2.45, 2.75) is 52.4 Å². The maximum absolute atomic E-state index is 5.78. The van der Waals surface area contributed by atoms with E-state index < -0.39 is 0 Å². The summed E-state index contributed by atoms with van der Waals surface area (Å²) in [5.74, 6) is 5.51. The molecule has 142 valence electrons. The lowest BCUT2D eigenvalue weighted by Gasteiger charge is -2.19. The van der Waals surface area contributed by atoms with Crippen LogP contribution in [0.3, 0.4) is 0 Å². The first-order valence-electron chi connectivity index (χ1n) is 9.62. The standard InChI is InChI=1S/C28H30/c1-9-23(19-21-11-15-25(16-12-21)27(3,4)5)24(10-2)20-22-13-17-26(18-14-22)28(6,7)8/h1-2,11-20H,3-8H3/b23-19-,24-20+. The van der Waals surface area contributed by atoms with Crippen LogP contribution in [0.15, 0.2) is 59.7 Å². The zero-order valence-electron chi connectivity index (χ0n) is 17.9. The minimum absolute atomic E-state index is 0.125. The molecule has 0 saturated heterocycles. The van der Waals surface area contributed by atoms with Gasteiger partial charge in [-0.2, -0.15) is 0 Å². The number of benzene rings is 2. The van der Waals surface area contributed by atoms with Crippen LogP contribution in [-0.2, 0) is 10.8 Å². The first-order chi connectivity index (χ1) is 13.0. The van der Waals surface area contributed by atoms with Crippen LogP contribution >= 0.6 is 0 Å². The number of rotatable bonds is 3. The molecule has 0 fully saturated rings. The summed E-state index contributed by atoms with van der Waals surface area (Å²) in [6.07, 6.45) is 15.5. The maximum Gasteiger partial charge on any atom is 0.0405 e. The maximum atomic E-state index is 5.78. The van der Waals surface area contributed by atoms with Gasteiger partial charge in [0.05, 0.1) is 0 Å². The highest BCUT2D eigenvalue weighted by atomic mass is 14.2. The molecule has 2 aromatic rings. The third kappa shape index (κ3) is 5.52. The molecule has 0 atom stereocenters. The van der Waals surface area contributed by atoms with Gasteiger partial charge in [-0.1, -0.05) is 102 Å². The molecule has 0 heterocycles. The lowest BCUT2D eigenvalue weighted by Crippen LogP contribution is -2.10. The van der Waals surface area contributed by atoms with E-state index in [2.05, 4.69) is 102 Å². The van der Waals surface area contributed by atoms with Gasteiger partial charge in [0.1, 0.15) is 0 Å². The molecule has 0 aliphatic rings. The van der Waals surface area contributed by atoms with Gasteiger partial charge in [-0.25, -0.2) is 0 Å². The van der Waals surface area contributed by atoms with E-state index in [0.29, 0.717) is 11.1 Å². The van der Waals surface area contributed by atoms with E-state index in [1.165, 1.54) is 11.1 Å². The molecule has 0 aromatic heterocycles. The molecule has 28 heavy (non-hydrogen) atoms. The summed E-state index contributed by atoms with van der Waals surface area (Å²) in [5.41, 5.74) is 6.35. The van der Waals surface area contributed by atoms with E-state index in [1.807, 2.05) is 12.2 Å². The molecule has 0 unspecified atom stereocenters. The Morgan fingerprint density at radius 3 is 1.11 bits per heavy atom. The highest BCUT2D eigenvalue weighted by molar-refractivity contribution is 5.75. The molecule has 0 bridgehead atoms. The van der Waals surface area contributed by atoms with Crippen molar-refractivity contribution in [3.8, 4) is 24.7 Å².